The normalized spacial score (nSPS) is 11.3. The molecule has 0 unspecified atom stereocenters. The Balaban J connectivity index is 2.34. The molecule has 0 heterocycles. The second-order valence-corrected chi connectivity index (χ2v) is 7.05. The highest BCUT2D eigenvalue weighted by Gasteiger charge is 2.19. The molecule has 0 aromatic heterocycles. The lowest BCUT2D eigenvalue weighted by Gasteiger charge is -2.12. The Morgan fingerprint density at radius 1 is 1.04 bits per heavy atom. The Morgan fingerprint density at radius 3 is 2.22 bits per heavy atom. The average molecular weight is 333 g/mol. The number of hydrogen-bond donors (Lipinski definition) is 1. The summed E-state index contributed by atoms with van der Waals surface area (Å²) in [5.74, 6) is -0.279. The van der Waals surface area contributed by atoms with Crippen LogP contribution in [0.5, 0.6) is 0 Å². The molecule has 0 fully saturated rings. The Hall–Kier alpha value is -2.34. The van der Waals surface area contributed by atoms with Crippen molar-refractivity contribution in [3.05, 3.63) is 59.7 Å². The van der Waals surface area contributed by atoms with Crippen LogP contribution < -0.4 is 4.72 Å². The molecular weight excluding hydrogens is 314 g/mol. The van der Waals surface area contributed by atoms with Gasteiger partial charge in [-0.25, -0.2) is 13.2 Å². The third-order valence-electron chi connectivity index (χ3n) is 3.43. The van der Waals surface area contributed by atoms with E-state index in [-0.39, 0.29) is 16.1 Å². The fraction of sp³-hybridized carbons (Fsp3) is 0.235. The highest BCUT2D eigenvalue weighted by atomic mass is 32.2. The van der Waals surface area contributed by atoms with E-state index >= 15 is 0 Å². The van der Waals surface area contributed by atoms with Crippen LogP contribution in [0.2, 0.25) is 0 Å². The number of benzene rings is 2. The van der Waals surface area contributed by atoms with Gasteiger partial charge in [-0.05, 0) is 35.7 Å². The molecule has 0 saturated carbocycles. The SMILES string of the molecule is COC(=O)c1ccccc1NS(=O)(=O)c1ccc(C(C)C)cc1. The summed E-state index contributed by atoms with van der Waals surface area (Å²) < 4.78 is 32.1. The van der Waals surface area contributed by atoms with Gasteiger partial charge in [0.15, 0.2) is 0 Å². The van der Waals surface area contributed by atoms with E-state index in [0.717, 1.165) is 5.56 Å². The van der Waals surface area contributed by atoms with Crippen molar-refractivity contribution in [1.82, 2.24) is 0 Å². The zero-order valence-electron chi connectivity index (χ0n) is 13.2. The predicted molar refractivity (Wildman–Crippen MR) is 89.1 cm³/mol. The van der Waals surface area contributed by atoms with Crippen LogP contribution in [0, 0.1) is 0 Å². The quantitative estimate of drug-likeness (QED) is 0.851. The number of nitrogens with one attached hydrogen (secondary N) is 1. The van der Waals surface area contributed by atoms with E-state index in [0.29, 0.717) is 5.92 Å². The van der Waals surface area contributed by atoms with Crippen LogP contribution in [0.1, 0.15) is 35.7 Å². The van der Waals surface area contributed by atoms with Crippen LogP contribution >= 0.6 is 0 Å². The van der Waals surface area contributed by atoms with Crippen molar-refractivity contribution >= 4 is 21.7 Å². The number of para-hydroxylation sites is 1. The van der Waals surface area contributed by atoms with E-state index in [1.54, 1.807) is 36.4 Å². The first kappa shape index (κ1) is 17.0. The molecule has 2 aromatic rings. The summed E-state index contributed by atoms with van der Waals surface area (Å²) in [6.07, 6.45) is 0. The third kappa shape index (κ3) is 3.90. The standard InChI is InChI=1S/C17H19NO4S/c1-12(2)13-8-10-14(11-9-13)23(20,21)18-16-7-5-4-6-15(16)17(19)22-3/h4-12,18H,1-3H3. The van der Waals surface area contributed by atoms with Gasteiger partial charge in [-0.3, -0.25) is 4.72 Å². The maximum Gasteiger partial charge on any atom is 0.339 e. The number of ether oxygens (including phenoxy) is 1. The fourth-order valence-electron chi connectivity index (χ4n) is 2.10. The molecule has 0 saturated heterocycles. The molecule has 0 amide bonds. The van der Waals surface area contributed by atoms with Gasteiger partial charge in [0.1, 0.15) is 0 Å². The molecular formula is C17H19NO4S. The molecule has 122 valence electrons. The molecule has 2 aromatic carbocycles. The fourth-order valence-corrected chi connectivity index (χ4v) is 3.18. The summed E-state index contributed by atoms with van der Waals surface area (Å²) in [4.78, 5) is 11.9. The van der Waals surface area contributed by atoms with Gasteiger partial charge in [0.2, 0.25) is 0 Å². The Morgan fingerprint density at radius 2 is 1.65 bits per heavy atom. The molecule has 0 radical (unpaired) electrons. The van der Waals surface area contributed by atoms with Gasteiger partial charge >= 0.3 is 5.97 Å². The summed E-state index contributed by atoms with van der Waals surface area (Å²) >= 11 is 0. The number of anilines is 1. The molecule has 6 heteroatoms. The van der Waals surface area contributed by atoms with E-state index in [1.807, 2.05) is 13.8 Å². The number of methoxy groups -OCH3 is 1. The van der Waals surface area contributed by atoms with Crippen LogP contribution in [0.15, 0.2) is 53.4 Å². The number of esters is 1. The monoisotopic (exact) mass is 333 g/mol. The van der Waals surface area contributed by atoms with Gasteiger partial charge in [-0.15, -0.1) is 0 Å². The molecule has 0 atom stereocenters. The zero-order valence-corrected chi connectivity index (χ0v) is 14.1. The maximum absolute atomic E-state index is 12.5. The molecule has 1 N–H and O–H groups in total. The first-order chi connectivity index (χ1) is 10.8. The van der Waals surface area contributed by atoms with Crippen molar-refractivity contribution in [2.45, 2.75) is 24.7 Å². The number of carbonyl (C=O) groups is 1. The molecule has 5 nitrogen and oxygen atoms in total. The Bertz CT molecular complexity index is 796. The van der Waals surface area contributed by atoms with Crippen molar-refractivity contribution in [2.24, 2.45) is 0 Å². The van der Waals surface area contributed by atoms with E-state index in [9.17, 15) is 13.2 Å². The molecule has 0 aliphatic rings. The number of carbonyl (C=O) groups excluding carboxylic acids is 1. The van der Waals surface area contributed by atoms with Crippen molar-refractivity contribution in [2.75, 3.05) is 11.8 Å². The van der Waals surface area contributed by atoms with E-state index in [4.69, 9.17) is 0 Å². The Kier molecular flexibility index (Phi) is 5.05. The average Bonchev–Trinajstić information content (AvgIpc) is 2.54. The van der Waals surface area contributed by atoms with Gasteiger partial charge in [-0.1, -0.05) is 38.1 Å². The van der Waals surface area contributed by atoms with E-state index in [2.05, 4.69) is 9.46 Å². The summed E-state index contributed by atoms with van der Waals surface area (Å²) in [7, 11) is -2.53. The first-order valence-corrected chi connectivity index (χ1v) is 8.63. The largest absolute Gasteiger partial charge is 0.465 e. The van der Waals surface area contributed by atoms with Gasteiger partial charge in [0, 0.05) is 0 Å². The predicted octanol–water partition coefficient (Wildman–Crippen LogP) is 3.40. The minimum absolute atomic E-state index is 0.140. The van der Waals surface area contributed by atoms with Crippen LogP contribution in [-0.2, 0) is 14.8 Å². The molecule has 23 heavy (non-hydrogen) atoms. The van der Waals surface area contributed by atoms with Gasteiger partial charge < -0.3 is 4.74 Å². The topological polar surface area (TPSA) is 72.5 Å². The van der Waals surface area contributed by atoms with Crippen LogP contribution in [0.3, 0.4) is 0 Å². The van der Waals surface area contributed by atoms with Crippen molar-refractivity contribution < 1.29 is 17.9 Å². The molecule has 0 spiro atoms. The lowest BCUT2D eigenvalue weighted by Crippen LogP contribution is -2.16. The molecule has 0 aliphatic carbocycles. The number of hydrogen-bond acceptors (Lipinski definition) is 4. The van der Waals surface area contributed by atoms with E-state index in [1.165, 1.54) is 19.2 Å². The molecule has 2 rings (SSSR count). The second-order valence-electron chi connectivity index (χ2n) is 5.37. The van der Waals surface area contributed by atoms with Crippen molar-refractivity contribution in [3.8, 4) is 0 Å². The second kappa shape index (κ2) is 6.83. The van der Waals surface area contributed by atoms with Crippen LogP contribution in [0.4, 0.5) is 5.69 Å². The summed E-state index contributed by atoms with van der Waals surface area (Å²) in [6, 6.07) is 13.0. The minimum atomic E-state index is -3.78. The molecule has 0 bridgehead atoms. The van der Waals surface area contributed by atoms with Crippen molar-refractivity contribution in [1.29, 1.82) is 0 Å². The van der Waals surface area contributed by atoms with Gasteiger partial charge in [0.05, 0.1) is 23.3 Å². The Labute approximate surface area is 136 Å². The first-order valence-electron chi connectivity index (χ1n) is 7.15. The van der Waals surface area contributed by atoms with Gasteiger partial charge in [0.25, 0.3) is 10.0 Å². The maximum atomic E-state index is 12.5. The highest BCUT2D eigenvalue weighted by Crippen LogP contribution is 2.22. The number of rotatable bonds is 5. The lowest BCUT2D eigenvalue weighted by atomic mass is 10.0. The van der Waals surface area contributed by atoms with E-state index < -0.39 is 16.0 Å². The number of sulfonamides is 1. The van der Waals surface area contributed by atoms with Crippen LogP contribution in [0.25, 0.3) is 0 Å². The smallest absolute Gasteiger partial charge is 0.339 e. The van der Waals surface area contributed by atoms with Crippen LogP contribution in [-0.4, -0.2) is 21.5 Å². The zero-order chi connectivity index (χ0) is 17.0. The minimum Gasteiger partial charge on any atom is -0.465 e. The highest BCUT2D eigenvalue weighted by molar-refractivity contribution is 7.92. The van der Waals surface area contributed by atoms with Gasteiger partial charge in [-0.2, -0.15) is 0 Å². The van der Waals surface area contributed by atoms with Crippen molar-refractivity contribution in [3.63, 3.8) is 0 Å². The summed E-state index contributed by atoms with van der Waals surface area (Å²) in [6.45, 7) is 4.07. The lowest BCUT2D eigenvalue weighted by molar-refractivity contribution is 0.0602. The summed E-state index contributed by atoms with van der Waals surface area (Å²) in [5.41, 5.74) is 1.41. The summed E-state index contributed by atoms with van der Waals surface area (Å²) in [5, 5.41) is 0. The molecule has 0 aliphatic heterocycles. The third-order valence-corrected chi connectivity index (χ3v) is 4.82.